The van der Waals surface area contributed by atoms with Crippen LogP contribution in [0.3, 0.4) is 0 Å². The summed E-state index contributed by atoms with van der Waals surface area (Å²) in [4.78, 5) is 36.9. The SMILES string of the molecule is CCC(CC)(CNC(=O)CCN(Cc1ccccc1)C(C)=O)C(=O)O. The molecule has 6 heteroatoms. The Hall–Kier alpha value is -2.37. The third-order valence-corrected chi connectivity index (χ3v) is 4.70. The molecule has 0 unspecified atom stereocenters. The largest absolute Gasteiger partial charge is 0.481 e. The van der Waals surface area contributed by atoms with Gasteiger partial charge in [0.2, 0.25) is 11.8 Å². The van der Waals surface area contributed by atoms with Gasteiger partial charge >= 0.3 is 5.97 Å². The van der Waals surface area contributed by atoms with E-state index in [1.807, 2.05) is 30.3 Å². The van der Waals surface area contributed by atoms with Crippen LogP contribution in [0, 0.1) is 5.41 Å². The van der Waals surface area contributed by atoms with E-state index in [2.05, 4.69) is 5.32 Å². The van der Waals surface area contributed by atoms with Crippen LogP contribution < -0.4 is 5.32 Å². The van der Waals surface area contributed by atoms with E-state index in [4.69, 9.17) is 0 Å². The van der Waals surface area contributed by atoms with Crippen molar-refractivity contribution in [2.45, 2.75) is 46.6 Å². The van der Waals surface area contributed by atoms with E-state index in [9.17, 15) is 19.5 Å². The molecule has 25 heavy (non-hydrogen) atoms. The summed E-state index contributed by atoms with van der Waals surface area (Å²) in [6.07, 6.45) is 1.05. The number of benzene rings is 1. The van der Waals surface area contributed by atoms with Crippen LogP contribution in [0.15, 0.2) is 30.3 Å². The molecule has 6 nitrogen and oxygen atoms in total. The van der Waals surface area contributed by atoms with Crippen molar-refractivity contribution in [2.75, 3.05) is 13.1 Å². The maximum absolute atomic E-state index is 12.1. The molecule has 0 atom stereocenters. The van der Waals surface area contributed by atoms with Gasteiger partial charge in [-0.25, -0.2) is 0 Å². The summed E-state index contributed by atoms with van der Waals surface area (Å²) in [6, 6.07) is 9.58. The van der Waals surface area contributed by atoms with Crippen LogP contribution in [0.5, 0.6) is 0 Å². The Labute approximate surface area is 149 Å². The van der Waals surface area contributed by atoms with Gasteiger partial charge in [-0.3, -0.25) is 14.4 Å². The monoisotopic (exact) mass is 348 g/mol. The van der Waals surface area contributed by atoms with Gasteiger partial charge in [-0.2, -0.15) is 0 Å². The van der Waals surface area contributed by atoms with Gasteiger partial charge in [0.15, 0.2) is 0 Å². The highest BCUT2D eigenvalue weighted by Crippen LogP contribution is 2.25. The highest BCUT2D eigenvalue weighted by atomic mass is 16.4. The molecule has 1 rings (SSSR count). The van der Waals surface area contributed by atoms with Crippen LogP contribution in [0.1, 0.15) is 45.6 Å². The zero-order valence-electron chi connectivity index (χ0n) is 15.2. The molecule has 0 aromatic heterocycles. The van der Waals surface area contributed by atoms with Crippen molar-refractivity contribution < 1.29 is 19.5 Å². The summed E-state index contributed by atoms with van der Waals surface area (Å²) in [6.45, 7) is 5.94. The Morgan fingerprint density at radius 3 is 2.20 bits per heavy atom. The number of carboxylic acid groups (broad SMARTS) is 1. The second-order valence-corrected chi connectivity index (χ2v) is 6.25. The summed E-state index contributed by atoms with van der Waals surface area (Å²) in [5.41, 5.74) is 0.0694. The molecule has 0 radical (unpaired) electrons. The summed E-state index contributed by atoms with van der Waals surface area (Å²) in [5.74, 6) is -1.24. The Kier molecular flexibility index (Phi) is 8.11. The van der Waals surface area contributed by atoms with E-state index in [-0.39, 0.29) is 24.8 Å². The first-order valence-electron chi connectivity index (χ1n) is 8.64. The van der Waals surface area contributed by atoms with E-state index >= 15 is 0 Å². The molecule has 2 amide bonds. The van der Waals surface area contributed by atoms with Crippen LogP contribution in [-0.4, -0.2) is 40.9 Å². The van der Waals surface area contributed by atoms with Crippen LogP contribution in [0.4, 0.5) is 0 Å². The Morgan fingerprint density at radius 2 is 1.72 bits per heavy atom. The highest BCUT2D eigenvalue weighted by molar-refractivity contribution is 5.80. The van der Waals surface area contributed by atoms with Crippen molar-refractivity contribution in [3.8, 4) is 0 Å². The summed E-state index contributed by atoms with van der Waals surface area (Å²) in [7, 11) is 0. The lowest BCUT2D eigenvalue weighted by molar-refractivity contribution is -0.149. The number of nitrogens with one attached hydrogen (secondary N) is 1. The predicted molar refractivity (Wildman–Crippen MR) is 95.8 cm³/mol. The Morgan fingerprint density at radius 1 is 1.12 bits per heavy atom. The maximum Gasteiger partial charge on any atom is 0.311 e. The summed E-state index contributed by atoms with van der Waals surface area (Å²) < 4.78 is 0. The fourth-order valence-corrected chi connectivity index (χ4v) is 2.62. The zero-order chi connectivity index (χ0) is 18.9. The lowest BCUT2D eigenvalue weighted by atomic mass is 9.82. The molecular weight excluding hydrogens is 320 g/mol. The second-order valence-electron chi connectivity index (χ2n) is 6.25. The number of carbonyl (C=O) groups is 3. The zero-order valence-corrected chi connectivity index (χ0v) is 15.2. The highest BCUT2D eigenvalue weighted by Gasteiger charge is 2.35. The van der Waals surface area contributed by atoms with Gasteiger partial charge in [0.25, 0.3) is 0 Å². The van der Waals surface area contributed by atoms with Crippen molar-refractivity contribution in [3.63, 3.8) is 0 Å². The fraction of sp³-hybridized carbons (Fsp3) is 0.526. The Balaban J connectivity index is 2.55. The molecule has 0 saturated heterocycles. The molecule has 0 saturated carbocycles. The first-order chi connectivity index (χ1) is 11.8. The average Bonchev–Trinajstić information content (AvgIpc) is 2.60. The number of nitrogens with zero attached hydrogens (tertiary/aromatic N) is 1. The topological polar surface area (TPSA) is 86.7 Å². The minimum atomic E-state index is -0.931. The number of aliphatic carboxylic acids is 1. The molecule has 0 fully saturated rings. The standard InChI is InChI=1S/C19H28N2O4/c1-4-19(5-2,18(24)25)14-20-17(23)11-12-21(15(3)22)13-16-9-7-6-8-10-16/h6-10H,4-5,11-14H2,1-3H3,(H,20,23)(H,24,25). The maximum atomic E-state index is 12.1. The molecule has 0 aliphatic carbocycles. The van der Waals surface area contributed by atoms with Crippen LogP contribution >= 0.6 is 0 Å². The molecule has 1 aromatic rings. The van der Waals surface area contributed by atoms with Crippen molar-refractivity contribution in [3.05, 3.63) is 35.9 Å². The van der Waals surface area contributed by atoms with Crippen LogP contribution in [0.2, 0.25) is 0 Å². The Bertz CT molecular complexity index is 582. The number of rotatable bonds is 10. The predicted octanol–water partition coefficient (Wildman–Crippen LogP) is 2.43. The number of carboxylic acids is 1. The van der Waals surface area contributed by atoms with Crippen molar-refractivity contribution in [2.24, 2.45) is 5.41 Å². The normalized spacial score (nSPS) is 11.0. The van der Waals surface area contributed by atoms with E-state index in [0.717, 1.165) is 5.56 Å². The number of carbonyl (C=O) groups excluding carboxylic acids is 2. The van der Waals surface area contributed by atoms with Crippen LogP contribution in [-0.2, 0) is 20.9 Å². The molecule has 0 heterocycles. The van der Waals surface area contributed by atoms with Crippen molar-refractivity contribution >= 4 is 17.8 Å². The lowest BCUT2D eigenvalue weighted by Gasteiger charge is -2.27. The van der Waals surface area contributed by atoms with Gasteiger partial charge < -0.3 is 15.3 Å². The van der Waals surface area contributed by atoms with Gasteiger partial charge in [-0.15, -0.1) is 0 Å². The third kappa shape index (κ3) is 6.21. The first-order valence-corrected chi connectivity index (χ1v) is 8.64. The number of hydrogen-bond acceptors (Lipinski definition) is 3. The van der Waals surface area contributed by atoms with E-state index in [0.29, 0.717) is 25.9 Å². The minimum Gasteiger partial charge on any atom is -0.481 e. The van der Waals surface area contributed by atoms with Crippen molar-refractivity contribution in [1.29, 1.82) is 0 Å². The molecule has 0 aliphatic heterocycles. The lowest BCUT2D eigenvalue weighted by Crippen LogP contribution is -2.43. The first kappa shape index (κ1) is 20.7. The summed E-state index contributed by atoms with van der Waals surface area (Å²) in [5, 5.41) is 12.1. The number of hydrogen-bond donors (Lipinski definition) is 2. The second kappa shape index (κ2) is 9.81. The smallest absolute Gasteiger partial charge is 0.311 e. The molecule has 2 N–H and O–H groups in total. The van der Waals surface area contributed by atoms with Crippen molar-refractivity contribution in [1.82, 2.24) is 10.2 Å². The average molecular weight is 348 g/mol. The van der Waals surface area contributed by atoms with Crippen LogP contribution in [0.25, 0.3) is 0 Å². The van der Waals surface area contributed by atoms with Gasteiger partial charge in [-0.05, 0) is 18.4 Å². The number of amides is 2. The molecule has 0 aliphatic rings. The van der Waals surface area contributed by atoms with Gasteiger partial charge in [-0.1, -0.05) is 44.2 Å². The molecule has 0 spiro atoms. The van der Waals surface area contributed by atoms with E-state index in [1.165, 1.54) is 6.92 Å². The molecule has 138 valence electrons. The molecular formula is C19H28N2O4. The quantitative estimate of drug-likeness (QED) is 0.680. The molecule has 0 bridgehead atoms. The molecule has 1 aromatic carbocycles. The fourth-order valence-electron chi connectivity index (χ4n) is 2.62. The van der Waals surface area contributed by atoms with Gasteiger partial charge in [0.05, 0.1) is 5.41 Å². The summed E-state index contributed by atoms with van der Waals surface area (Å²) >= 11 is 0. The third-order valence-electron chi connectivity index (χ3n) is 4.70. The minimum absolute atomic E-state index is 0.0985. The van der Waals surface area contributed by atoms with E-state index < -0.39 is 11.4 Å². The van der Waals surface area contributed by atoms with Gasteiger partial charge in [0, 0.05) is 33.0 Å². The van der Waals surface area contributed by atoms with E-state index in [1.54, 1.807) is 18.7 Å². The van der Waals surface area contributed by atoms with Gasteiger partial charge in [0.1, 0.15) is 0 Å².